The lowest BCUT2D eigenvalue weighted by Gasteiger charge is -2.21. The van der Waals surface area contributed by atoms with Crippen LogP contribution in [0.15, 0.2) is 71.6 Å². The Labute approximate surface area is 223 Å². The number of nitrogens with zero attached hydrogens (tertiary/aromatic N) is 1. The van der Waals surface area contributed by atoms with Gasteiger partial charge in [-0.25, -0.2) is 8.42 Å². The largest absolute Gasteiger partial charge is 0.454 e. The highest BCUT2D eigenvalue weighted by Crippen LogP contribution is 2.51. The molecule has 0 radical (unpaired) electrons. The van der Waals surface area contributed by atoms with Crippen molar-refractivity contribution in [3.63, 3.8) is 0 Å². The van der Waals surface area contributed by atoms with Crippen molar-refractivity contribution in [3.05, 3.63) is 72.3 Å². The average Bonchev–Trinajstić information content (AvgIpc) is 3.86. The number of hydrogen-bond donors (Lipinski definition) is 1. The zero-order valence-electron chi connectivity index (χ0n) is 21.5. The fourth-order valence-electron chi connectivity index (χ4n) is 5.11. The Morgan fingerprint density at radius 2 is 1.74 bits per heavy atom. The smallest absolute Gasteiger partial charge is 0.243 e. The number of nitrogens with one attached hydrogen (secondary N) is 1. The standard InChI is InChI=1S/C30H32N2O5S/c1-2-16-32(19-21-6-7-21)38(34,35)26-11-8-22(9-12-26)23-4-3-5-25(17-23)31-29(33)30(14-15-30)24-10-13-27-28(18-24)37-20-36-27/h3-5,8-13,17-18,21H,2,6-7,14-16,19-20H2,1H3,(H,31,33). The molecule has 8 heteroatoms. The van der Waals surface area contributed by atoms with Crippen molar-refractivity contribution in [2.45, 2.75) is 49.3 Å². The number of fused-ring (bicyclic) bond motifs is 1. The summed E-state index contributed by atoms with van der Waals surface area (Å²) in [6.45, 7) is 3.35. The minimum atomic E-state index is -3.52. The maximum atomic E-state index is 13.3. The van der Waals surface area contributed by atoms with Crippen LogP contribution in [-0.2, 0) is 20.2 Å². The number of anilines is 1. The van der Waals surface area contributed by atoms with Gasteiger partial charge in [-0.3, -0.25) is 4.79 Å². The predicted molar refractivity (Wildman–Crippen MR) is 146 cm³/mol. The first-order valence-corrected chi connectivity index (χ1v) is 14.8. The third kappa shape index (κ3) is 4.78. The number of benzene rings is 3. The van der Waals surface area contributed by atoms with Gasteiger partial charge in [-0.2, -0.15) is 4.31 Å². The summed E-state index contributed by atoms with van der Waals surface area (Å²) < 4.78 is 39.0. The number of carbonyl (C=O) groups is 1. The summed E-state index contributed by atoms with van der Waals surface area (Å²) in [4.78, 5) is 13.7. The van der Waals surface area contributed by atoms with Crippen molar-refractivity contribution in [1.29, 1.82) is 0 Å². The van der Waals surface area contributed by atoms with Gasteiger partial charge in [0.2, 0.25) is 22.7 Å². The Morgan fingerprint density at radius 3 is 2.45 bits per heavy atom. The maximum absolute atomic E-state index is 13.3. The fourth-order valence-corrected chi connectivity index (χ4v) is 6.72. The third-order valence-corrected chi connectivity index (χ3v) is 9.57. The highest BCUT2D eigenvalue weighted by molar-refractivity contribution is 7.89. The molecular weight excluding hydrogens is 500 g/mol. The van der Waals surface area contributed by atoms with Crippen molar-refractivity contribution < 1.29 is 22.7 Å². The van der Waals surface area contributed by atoms with Crippen molar-refractivity contribution in [1.82, 2.24) is 4.31 Å². The van der Waals surface area contributed by atoms with Gasteiger partial charge >= 0.3 is 0 Å². The maximum Gasteiger partial charge on any atom is 0.243 e. The highest BCUT2D eigenvalue weighted by Gasteiger charge is 2.51. The fraction of sp³-hybridized carbons (Fsp3) is 0.367. The lowest BCUT2D eigenvalue weighted by atomic mass is 9.94. The highest BCUT2D eigenvalue weighted by atomic mass is 32.2. The van der Waals surface area contributed by atoms with Gasteiger partial charge in [0.05, 0.1) is 10.3 Å². The first-order chi connectivity index (χ1) is 18.4. The number of ether oxygens (including phenoxy) is 2. The van der Waals surface area contributed by atoms with Gasteiger partial charge in [0, 0.05) is 18.8 Å². The Morgan fingerprint density at radius 1 is 0.974 bits per heavy atom. The molecule has 1 N–H and O–H groups in total. The summed E-state index contributed by atoms with van der Waals surface area (Å²) in [5, 5.41) is 3.10. The van der Waals surface area contributed by atoms with E-state index < -0.39 is 15.4 Å². The van der Waals surface area contributed by atoms with Crippen LogP contribution < -0.4 is 14.8 Å². The molecule has 3 aromatic rings. The topological polar surface area (TPSA) is 84.9 Å². The van der Waals surface area contributed by atoms with Crippen LogP contribution in [0.2, 0.25) is 0 Å². The number of hydrogen-bond acceptors (Lipinski definition) is 5. The molecule has 0 aromatic heterocycles. The van der Waals surface area contributed by atoms with E-state index in [-0.39, 0.29) is 12.7 Å². The van der Waals surface area contributed by atoms with Crippen LogP contribution in [0.3, 0.4) is 0 Å². The molecule has 7 nitrogen and oxygen atoms in total. The van der Waals surface area contributed by atoms with Gasteiger partial charge in [0.1, 0.15) is 0 Å². The van der Waals surface area contributed by atoms with Gasteiger partial charge in [-0.1, -0.05) is 37.3 Å². The lowest BCUT2D eigenvalue weighted by Crippen LogP contribution is -2.33. The summed E-state index contributed by atoms with van der Waals surface area (Å²) >= 11 is 0. The molecule has 0 bridgehead atoms. The third-order valence-electron chi connectivity index (χ3n) is 7.69. The second kappa shape index (κ2) is 9.75. The average molecular weight is 533 g/mol. The van der Waals surface area contributed by atoms with Crippen LogP contribution in [0.25, 0.3) is 11.1 Å². The van der Waals surface area contributed by atoms with Crippen LogP contribution >= 0.6 is 0 Å². The quantitative estimate of drug-likeness (QED) is 0.369. The molecule has 6 rings (SSSR count). The van der Waals surface area contributed by atoms with Crippen molar-refractivity contribution in [3.8, 4) is 22.6 Å². The molecule has 0 saturated heterocycles. The van der Waals surface area contributed by atoms with Crippen LogP contribution in [0.4, 0.5) is 5.69 Å². The summed E-state index contributed by atoms with van der Waals surface area (Å²) in [6, 6.07) is 20.4. The molecule has 0 spiro atoms. The van der Waals surface area contributed by atoms with E-state index in [1.54, 1.807) is 16.4 Å². The Balaban J connectivity index is 1.18. The summed E-state index contributed by atoms with van der Waals surface area (Å²) in [7, 11) is -3.52. The van der Waals surface area contributed by atoms with Crippen LogP contribution in [0.1, 0.15) is 44.6 Å². The van der Waals surface area contributed by atoms with Crippen molar-refractivity contribution in [2.75, 3.05) is 25.2 Å². The van der Waals surface area contributed by atoms with E-state index in [9.17, 15) is 13.2 Å². The molecule has 0 atom stereocenters. The van der Waals surface area contributed by atoms with E-state index in [2.05, 4.69) is 5.32 Å². The zero-order valence-corrected chi connectivity index (χ0v) is 22.3. The molecule has 2 fully saturated rings. The van der Waals surface area contributed by atoms with E-state index in [4.69, 9.17) is 9.47 Å². The molecule has 2 aliphatic carbocycles. The monoisotopic (exact) mass is 532 g/mol. The lowest BCUT2D eigenvalue weighted by molar-refractivity contribution is -0.118. The number of amides is 1. The van der Waals surface area contributed by atoms with Crippen molar-refractivity contribution in [2.24, 2.45) is 5.92 Å². The number of carbonyl (C=O) groups excluding carboxylic acids is 1. The van der Waals surface area contributed by atoms with Gasteiger partial charge < -0.3 is 14.8 Å². The van der Waals surface area contributed by atoms with E-state index >= 15 is 0 Å². The summed E-state index contributed by atoms with van der Waals surface area (Å²) in [5.41, 5.74) is 2.88. The van der Waals surface area contributed by atoms with Gasteiger partial charge in [-0.05, 0) is 91.1 Å². The van der Waals surface area contributed by atoms with E-state index in [1.807, 2.05) is 61.5 Å². The first-order valence-electron chi connectivity index (χ1n) is 13.3. The molecule has 198 valence electrons. The summed E-state index contributed by atoms with van der Waals surface area (Å²) in [5.74, 6) is 1.84. The van der Waals surface area contributed by atoms with Crippen molar-refractivity contribution >= 4 is 21.6 Å². The molecule has 1 amide bonds. The Hall–Kier alpha value is -3.36. The molecule has 2 saturated carbocycles. The van der Waals surface area contributed by atoms with Gasteiger partial charge in [0.25, 0.3) is 0 Å². The number of sulfonamides is 1. The Bertz CT molecular complexity index is 1460. The van der Waals surface area contributed by atoms with E-state index in [0.29, 0.717) is 41.1 Å². The minimum Gasteiger partial charge on any atom is -0.454 e. The molecule has 3 aromatic carbocycles. The van der Waals surface area contributed by atoms with E-state index in [1.165, 1.54) is 0 Å². The predicted octanol–water partition coefficient (Wildman–Crippen LogP) is 5.56. The van der Waals surface area contributed by atoms with Gasteiger partial charge in [0.15, 0.2) is 11.5 Å². The molecular formula is C30H32N2O5S. The normalized spacial score (nSPS) is 17.4. The molecule has 0 unspecified atom stereocenters. The van der Waals surface area contributed by atoms with Crippen LogP contribution in [0, 0.1) is 5.92 Å². The summed E-state index contributed by atoms with van der Waals surface area (Å²) in [6.07, 6.45) is 4.57. The van der Waals surface area contributed by atoms with E-state index in [0.717, 1.165) is 48.8 Å². The minimum absolute atomic E-state index is 0.0402. The molecule has 1 aliphatic heterocycles. The second-order valence-corrected chi connectivity index (χ2v) is 12.5. The first kappa shape index (κ1) is 24.9. The zero-order chi connectivity index (χ0) is 26.3. The van der Waals surface area contributed by atoms with Gasteiger partial charge in [-0.15, -0.1) is 0 Å². The SMILES string of the molecule is CCCN(CC1CC1)S(=O)(=O)c1ccc(-c2cccc(NC(=O)C3(c4ccc5c(c4)OCO5)CC3)c2)cc1. The van der Waals surface area contributed by atoms with Crippen LogP contribution in [0.5, 0.6) is 11.5 Å². The van der Waals surface area contributed by atoms with Crippen LogP contribution in [-0.4, -0.2) is 38.5 Å². The molecule has 1 heterocycles. The Kier molecular flexibility index (Phi) is 6.40. The number of rotatable bonds is 10. The second-order valence-electron chi connectivity index (χ2n) is 10.5. The molecule has 38 heavy (non-hydrogen) atoms. The molecule has 3 aliphatic rings.